The summed E-state index contributed by atoms with van der Waals surface area (Å²) in [5.41, 5.74) is 1.46. The lowest BCUT2D eigenvalue weighted by molar-refractivity contribution is 0.264. The maximum atomic E-state index is 4.62. The molecule has 0 radical (unpaired) electrons. The molecule has 3 nitrogen and oxygen atoms in total. The van der Waals surface area contributed by atoms with Crippen molar-refractivity contribution >= 4 is 0 Å². The molecule has 0 aliphatic heterocycles. The van der Waals surface area contributed by atoms with Gasteiger partial charge in [-0.15, -0.1) is 0 Å². The molecule has 0 bridgehead atoms. The van der Waals surface area contributed by atoms with Gasteiger partial charge in [0.05, 0.1) is 6.04 Å². The standard InChI is InChI=1S/C18H27N3/c1-5-18(6-2,15-11-9-8-10-12-15)16(19-7-3)17-20-13-14-21(17)4/h8-14,16,19H,5-7H2,1-4H3. The number of nitrogens with one attached hydrogen (secondary N) is 1. The van der Waals surface area contributed by atoms with Crippen molar-refractivity contribution in [2.45, 2.75) is 45.1 Å². The van der Waals surface area contributed by atoms with Crippen LogP contribution in [-0.4, -0.2) is 16.1 Å². The van der Waals surface area contributed by atoms with E-state index in [0.29, 0.717) is 0 Å². The molecule has 0 amide bonds. The molecule has 1 N–H and O–H groups in total. The Bertz CT molecular complexity index is 541. The van der Waals surface area contributed by atoms with Crippen molar-refractivity contribution in [3.63, 3.8) is 0 Å². The third kappa shape index (κ3) is 2.88. The lowest BCUT2D eigenvalue weighted by atomic mass is 9.69. The van der Waals surface area contributed by atoms with Gasteiger partial charge in [-0.1, -0.05) is 51.1 Å². The predicted octanol–water partition coefficient (Wildman–Crippen LogP) is 3.83. The molecular weight excluding hydrogens is 258 g/mol. The number of rotatable bonds is 7. The molecule has 114 valence electrons. The summed E-state index contributed by atoms with van der Waals surface area (Å²) >= 11 is 0. The molecule has 1 unspecified atom stereocenters. The van der Waals surface area contributed by atoms with E-state index in [4.69, 9.17) is 0 Å². The van der Waals surface area contributed by atoms with Gasteiger partial charge >= 0.3 is 0 Å². The molecule has 2 rings (SSSR count). The van der Waals surface area contributed by atoms with Gasteiger partial charge in [-0.2, -0.15) is 0 Å². The first-order valence-electron chi connectivity index (χ1n) is 7.95. The third-order valence-corrected chi connectivity index (χ3v) is 4.69. The first kappa shape index (κ1) is 15.8. The van der Waals surface area contributed by atoms with E-state index in [1.165, 1.54) is 5.56 Å². The summed E-state index contributed by atoms with van der Waals surface area (Å²) in [5, 5.41) is 3.68. The predicted molar refractivity (Wildman–Crippen MR) is 88.3 cm³/mol. The largest absolute Gasteiger partial charge is 0.337 e. The fourth-order valence-electron chi connectivity index (χ4n) is 3.40. The van der Waals surface area contributed by atoms with E-state index in [2.05, 4.69) is 73.0 Å². The van der Waals surface area contributed by atoms with Gasteiger partial charge in [-0.3, -0.25) is 0 Å². The molecule has 0 spiro atoms. The topological polar surface area (TPSA) is 29.9 Å². The van der Waals surface area contributed by atoms with Gasteiger partial charge < -0.3 is 9.88 Å². The van der Waals surface area contributed by atoms with Crippen molar-refractivity contribution in [2.24, 2.45) is 7.05 Å². The Kier molecular flexibility index (Phi) is 5.18. The summed E-state index contributed by atoms with van der Waals surface area (Å²) < 4.78 is 2.14. The maximum Gasteiger partial charge on any atom is 0.126 e. The molecule has 21 heavy (non-hydrogen) atoms. The second kappa shape index (κ2) is 6.90. The summed E-state index contributed by atoms with van der Waals surface area (Å²) in [6.45, 7) is 7.66. The summed E-state index contributed by atoms with van der Waals surface area (Å²) in [5.74, 6) is 1.12. The van der Waals surface area contributed by atoms with Gasteiger partial charge in [0.2, 0.25) is 0 Å². The fraction of sp³-hybridized carbons (Fsp3) is 0.500. The molecular formula is C18H27N3. The molecule has 1 aromatic heterocycles. The van der Waals surface area contributed by atoms with E-state index >= 15 is 0 Å². The Hall–Kier alpha value is -1.61. The number of hydrogen-bond donors (Lipinski definition) is 1. The van der Waals surface area contributed by atoms with Gasteiger partial charge in [0, 0.05) is 24.9 Å². The number of aromatic nitrogens is 2. The molecule has 3 heteroatoms. The van der Waals surface area contributed by atoms with Gasteiger partial charge in [-0.25, -0.2) is 4.98 Å². The van der Waals surface area contributed by atoms with Crippen LogP contribution in [0.2, 0.25) is 0 Å². The van der Waals surface area contributed by atoms with Gasteiger partial charge in [0.1, 0.15) is 5.82 Å². The minimum absolute atomic E-state index is 0.0659. The molecule has 0 saturated carbocycles. The Morgan fingerprint density at radius 1 is 1.14 bits per heavy atom. The zero-order valence-electron chi connectivity index (χ0n) is 13.6. The minimum atomic E-state index is 0.0659. The van der Waals surface area contributed by atoms with Crippen molar-refractivity contribution in [2.75, 3.05) is 6.54 Å². The highest BCUT2D eigenvalue weighted by molar-refractivity contribution is 5.30. The van der Waals surface area contributed by atoms with E-state index in [-0.39, 0.29) is 11.5 Å². The quantitative estimate of drug-likeness (QED) is 0.838. The average Bonchev–Trinajstić information content (AvgIpc) is 2.95. The van der Waals surface area contributed by atoms with Crippen LogP contribution >= 0.6 is 0 Å². The van der Waals surface area contributed by atoms with Crippen molar-refractivity contribution in [3.05, 3.63) is 54.1 Å². The lowest BCUT2D eigenvalue weighted by Gasteiger charge is -2.40. The zero-order chi connectivity index (χ0) is 15.3. The van der Waals surface area contributed by atoms with E-state index in [1.807, 2.05) is 12.4 Å². The number of aryl methyl sites for hydroxylation is 1. The number of nitrogens with zero attached hydrogens (tertiary/aromatic N) is 2. The van der Waals surface area contributed by atoms with E-state index < -0.39 is 0 Å². The van der Waals surface area contributed by atoms with Crippen LogP contribution in [0.1, 0.15) is 51.0 Å². The molecule has 1 aromatic carbocycles. The monoisotopic (exact) mass is 285 g/mol. The molecule has 0 fully saturated rings. The van der Waals surface area contributed by atoms with E-state index in [1.54, 1.807) is 0 Å². The summed E-state index contributed by atoms with van der Waals surface area (Å²) in [4.78, 5) is 4.62. The number of imidazole rings is 1. The van der Waals surface area contributed by atoms with Crippen LogP contribution in [0.3, 0.4) is 0 Å². The summed E-state index contributed by atoms with van der Waals surface area (Å²) in [6, 6.07) is 11.1. The summed E-state index contributed by atoms with van der Waals surface area (Å²) in [6.07, 6.45) is 6.08. The van der Waals surface area contributed by atoms with Crippen LogP contribution in [0, 0.1) is 0 Å². The van der Waals surface area contributed by atoms with Crippen LogP contribution < -0.4 is 5.32 Å². The lowest BCUT2D eigenvalue weighted by Crippen LogP contribution is -2.42. The molecule has 1 atom stereocenters. The highest BCUT2D eigenvalue weighted by Gasteiger charge is 2.39. The van der Waals surface area contributed by atoms with Gasteiger partial charge in [0.15, 0.2) is 0 Å². The van der Waals surface area contributed by atoms with Crippen LogP contribution in [0.5, 0.6) is 0 Å². The van der Waals surface area contributed by atoms with Crippen molar-refractivity contribution in [1.29, 1.82) is 0 Å². The average molecular weight is 285 g/mol. The maximum absolute atomic E-state index is 4.62. The van der Waals surface area contributed by atoms with Crippen molar-refractivity contribution in [1.82, 2.24) is 14.9 Å². The van der Waals surface area contributed by atoms with Crippen LogP contribution in [0.25, 0.3) is 0 Å². The first-order valence-corrected chi connectivity index (χ1v) is 7.95. The SMILES string of the molecule is CCNC(c1nccn1C)C(CC)(CC)c1ccccc1. The number of benzene rings is 1. The van der Waals surface area contributed by atoms with Crippen LogP contribution in [0.4, 0.5) is 0 Å². The molecule has 0 saturated heterocycles. The van der Waals surface area contributed by atoms with E-state index in [0.717, 1.165) is 25.2 Å². The second-order valence-corrected chi connectivity index (χ2v) is 5.62. The van der Waals surface area contributed by atoms with Crippen LogP contribution in [-0.2, 0) is 12.5 Å². The van der Waals surface area contributed by atoms with Crippen molar-refractivity contribution in [3.8, 4) is 0 Å². The van der Waals surface area contributed by atoms with E-state index in [9.17, 15) is 0 Å². The Balaban J connectivity index is 2.54. The molecule has 2 aromatic rings. The molecule has 1 heterocycles. The number of likely N-dealkylation sites (N-methyl/N-ethyl adjacent to an activating group) is 1. The van der Waals surface area contributed by atoms with Gasteiger partial charge in [0.25, 0.3) is 0 Å². The highest BCUT2D eigenvalue weighted by atomic mass is 15.1. The Morgan fingerprint density at radius 2 is 1.81 bits per heavy atom. The normalized spacial score (nSPS) is 13.3. The summed E-state index contributed by atoms with van der Waals surface area (Å²) in [7, 11) is 2.08. The Labute approximate surface area is 128 Å². The third-order valence-electron chi connectivity index (χ3n) is 4.69. The van der Waals surface area contributed by atoms with Gasteiger partial charge in [-0.05, 0) is 24.9 Å². The number of hydrogen-bond acceptors (Lipinski definition) is 2. The minimum Gasteiger partial charge on any atom is -0.337 e. The Morgan fingerprint density at radius 3 is 2.29 bits per heavy atom. The molecule has 0 aliphatic carbocycles. The first-order chi connectivity index (χ1) is 10.2. The fourth-order valence-corrected chi connectivity index (χ4v) is 3.40. The highest BCUT2D eigenvalue weighted by Crippen LogP contribution is 2.42. The van der Waals surface area contributed by atoms with Crippen LogP contribution in [0.15, 0.2) is 42.7 Å². The molecule has 0 aliphatic rings. The van der Waals surface area contributed by atoms with Crippen molar-refractivity contribution < 1.29 is 0 Å². The second-order valence-electron chi connectivity index (χ2n) is 5.62. The zero-order valence-corrected chi connectivity index (χ0v) is 13.6. The smallest absolute Gasteiger partial charge is 0.126 e.